The van der Waals surface area contributed by atoms with Gasteiger partial charge >= 0.3 is 12.0 Å². The molecule has 1 aromatic carbocycles. The molecule has 0 atom stereocenters. The third kappa shape index (κ3) is 6.02. The molecular weight excluding hydrogens is 402 g/mol. The molecule has 2 aromatic rings. The SMILES string of the molecule is CCOC(=O)CNC(=O)N(Cc1cccn1Cc1ccccc1Cl)C1CCCCC1. The van der Waals surface area contributed by atoms with Gasteiger partial charge in [0.25, 0.3) is 0 Å². The van der Waals surface area contributed by atoms with Crippen LogP contribution in [0.3, 0.4) is 0 Å². The van der Waals surface area contributed by atoms with Crippen LogP contribution in [0.15, 0.2) is 42.6 Å². The van der Waals surface area contributed by atoms with E-state index in [9.17, 15) is 9.59 Å². The normalized spacial score (nSPS) is 14.3. The summed E-state index contributed by atoms with van der Waals surface area (Å²) in [5.74, 6) is -0.420. The number of halogens is 1. The van der Waals surface area contributed by atoms with Gasteiger partial charge < -0.3 is 19.5 Å². The summed E-state index contributed by atoms with van der Waals surface area (Å²) < 4.78 is 7.05. The van der Waals surface area contributed by atoms with Crippen molar-refractivity contribution in [3.8, 4) is 0 Å². The van der Waals surface area contributed by atoms with Crippen LogP contribution >= 0.6 is 11.6 Å². The number of carbonyl (C=O) groups excluding carboxylic acids is 2. The summed E-state index contributed by atoms with van der Waals surface area (Å²) in [6.07, 6.45) is 7.42. The van der Waals surface area contributed by atoms with Crippen molar-refractivity contribution in [1.29, 1.82) is 0 Å². The molecule has 1 heterocycles. The monoisotopic (exact) mass is 431 g/mol. The van der Waals surface area contributed by atoms with E-state index in [-0.39, 0.29) is 18.6 Å². The Morgan fingerprint density at radius 3 is 2.67 bits per heavy atom. The minimum Gasteiger partial charge on any atom is -0.465 e. The first kappa shape index (κ1) is 22.2. The van der Waals surface area contributed by atoms with Crippen molar-refractivity contribution in [1.82, 2.24) is 14.8 Å². The standard InChI is InChI=1S/C23H30ClN3O3/c1-2-30-22(28)15-25-23(29)27(19-10-4-3-5-11-19)17-20-12-8-14-26(20)16-18-9-6-7-13-21(18)24/h6-9,12-14,19H,2-5,10-11,15-17H2,1H3,(H,25,29). The van der Waals surface area contributed by atoms with Crippen molar-refractivity contribution in [3.05, 3.63) is 58.9 Å². The Balaban J connectivity index is 1.73. The van der Waals surface area contributed by atoms with Crippen molar-refractivity contribution in [3.63, 3.8) is 0 Å². The highest BCUT2D eigenvalue weighted by Crippen LogP contribution is 2.25. The van der Waals surface area contributed by atoms with Crippen molar-refractivity contribution in [2.45, 2.75) is 58.2 Å². The van der Waals surface area contributed by atoms with Crippen LogP contribution < -0.4 is 5.32 Å². The van der Waals surface area contributed by atoms with Crippen LogP contribution in [0.4, 0.5) is 4.79 Å². The van der Waals surface area contributed by atoms with Crippen molar-refractivity contribution in [2.24, 2.45) is 0 Å². The first-order valence-electron chi connectivity index (χ1n) is 10.7. The van der Waals surface area contributed by atoms with Gasteiger partial charge in [-0.05, 0) is 43.5 Å². The highest BCUT2D eigenvalue weighted by Gasteiger charge is 2.26. The van der Waals surface area contributed by atoms with Gasteiger partial charge in [-0.2, -0.15) is 0 Å². The topological polar surface area (TPSA) is 63.6 Å². The molecule has 0 unspecified atom stereocenters. The van der Waals surface area contributed by atoms with Gasteiger partial charge in [0.1, 0.15) is 6.54 Å². The zero-order valence-corrected chi connectivity index (χ0v) is 18.2. The van der Waals surface area contributed by atoms with Gasteiger partial charge in [0.2, 0.25) is 0 Å². The van der Waals surface area contributed by atoms with E-state index in [1.54, 1.807) is 6.92 Å². The van der Waals surface area contributed by atoms with Gasteiger partial charge in [0, 0.05) is 29.5 Å². The van der Waals surface area contributed by atoms with Gasteiger partial charge in [-0.3, -0.25) is 4.79 Å². The Hall–Kier alpha value is -2.47. The van der Waals surface area contributed by atoms with Crippen LogP contribution in [-0.4, -0.2) is 40.7 Å². The van der Waals surface area contributed by atoms with Crippen LogP contribution in [0, 0.1) is 0 Å². The maximum Gasteiger partial charge on any atom is 0.325 e. The predicted molar refractivity (Wildman–Crippen MR) is 117 cm³/mol. The van der Waals surface area contributed by atoms with Crippen LogP contribution in [0.25, 0.3) is 0 Å². The van der Waals surface area contributed by atoms with Crippen molar-refractivity contribution >= 4 is 23.6 Å². The molecule has 1 aliphatic rings. The van der Waals surface area contributed by atoms with E-state index >= 15 is 0 Å². The third-order valence-corrected chi connectivity index (χ3v) is 5.89. The highest BCUT2D eigenvalue weighted by molar-refractivity contribution is 6.31. The number of rotatable bonds is 8. The molecule has 0 spiro atoms. The second-order valence-corrected chi connectivity index (χ2v) is 8.01. The van der Waals surface area contributed by atoms with Crippen LogP contribution in [0.1, 0.15) is 50.3 Å². The fraction of sp³-hybridized carbons (Fsp3) is 0.478. The molecule has 7 heteroatoms. The third-order valence-electron chi connectivity index (χ3n) is 5.52. The van der Waals surface area contributed by atoms with E-state index in [2.05, 4.69) is 9.88 Å². The quantitative estimate of drug-likeness (QED) is 0.621. The zero-order chi connectivity index (χ0) is 21.3. The summed E-state index contributed by atoms with van der Waals surface area (Å²) in [6, 6.07) is 11.8. The van der Waals surface area contributed by atoms with Gasteiger partial charge in [-0.25, -0.2) is 4.79 Å². The Kier molecular flexibility index (Phi) is 8.20. The summed E-state index contributed by atoms with van der Waals surface area (Å²) in [4.78, 5) is 26.5. The number of urea groups is 1. The minimum absolute atomic E-state index is 0.115. The average molecular weight is 432 g/mol. The summed E-state index contributed by atoms with van der Waals surface area (Å²) in [7, 11) is 0. The fourth-order valence-corrected chi connectivity index (χ4v) is 4.15. The molecule has 30 heavy (non-hydrogen) atoms. The molecule has 0 radical (unpaired) electrons. The van der Waals surface area contributed by atoms with Crippen molar-refractivity contribution in [2.75, 3.05) is 13.2 Å². The van der Waals surface area contributed by atoms with Crippen LogP contribution in [0.5, 0.6) is 0 Å². The molecule has 0 saturated heterocycles. The highest BCUT2D eigenvalue weighted by atomic mass is 35.5. The molecule has 1 fully saturated rings. The van der Waals surface area contributed by atoms with Gasteiger partial charge in [0.05, 0.1) is 13.2 Å². The largest absolute Gasteiger partial charge is 0.465 e. The number of esters is 1. The zero-order valence-electron chi connectivity index (χ0n) is 17.5. The number of benzene rings is 1. The molecule has 1 aromatic heterocycles. The Morgan fingerprint density at radius 1 is 1.17 bits per heavy atom. The smallest absolute Gasteiger partial charge is 0.325 e. The number of ether oxygens (including phenoxy) is 1. The van der Waals surface area contributed by atoms with E-state index in [1.165, 1.54) is 6.42 Å². The van der Waals surface area contributed by atoms with Gasteiger partial charge in [-0.1, -0.05) is 49.1 Å². The molecule has 2 amide bonds. The number of nitrogens with one attached hydrogen (secondary N) is 1. The lowest BCUT2D eigenvalue weighted by Gasteiger charge is -2.34. The lowest BCUT2D eigenvalue weighted by atomic mass is 9.94. The molecule has 1 saturated carbocycles. The maximum absolute atomic E-state index is 13.0. The summed E-state index contributed by atoms with van der Waals surface area (Å²) >= 11 is 6.34. The number of nitrogens with zero attached hydrogens (tertiary/aromatic N) is 2. The lowest BCUT2D eigenvalue weighted by molar-refractivity contribution is -0.141. The first-order chi connectivity index (χ1) is 14.6. The van der Waals surface area contributed by atoms with Crippen LogP contribution in [-0.2, 0) is 22.6 Å². The Bertz CT molecular complexity index is 846. The van der Waals surface area contributed by atoms with E-state index in [0.29, 0.717) is 19.7 Å². The number of hydrogen-bond donors (Lipinski definition) is 1. The van der Waals surface area contributed by atoms with Crippen molar-refractivity contribution < 1.29 is 14.3 Å². The predicted octanol–water partition coefficient (Wildman–Crippen LogP) is 4.60. The molecule has 1 N–H and O–H groups in total. The molecule has 6 nitrogen and oxygen atoms in total. The maximum atomic E-state index is 13.0. The number of amides is 2. The minimum atomic E-state index is -0.420. The summed E-state index contributed by atoms with van der Waals surface area (Å²) in [5.41, 5.74) is 2.07. The van der Waals surface area contributed by atoms with E-state index in [4.69, 9.17) is 16.3 Å². The number of carbonyl (C=O) groups is 2. The Morgan fingerprint density at radius 2 is 1.93 bits per heavy atom. The second kappa shape index (κ2) is 11.1. The van der Waals surface area contributed by atoms with Gasteiger partial charge in [0.15, 0.2) is 0 Å². The Labute approximate surface area is 183 Å². The molecular formula is C23H30ClN3O3. The molecule has 0 bridgehead atoms. The lowest BCUT2D eigenvalue weighted by Crippen LogP contribution is -2.48. The second-order valence-electron chi connectivity index (χ2n) is 7.60. The molecule has 1 aliphatic carbocycles. The van der Waals surface area contributed by atoms with E-state index < -0.39 is 5.97 Å². The van der Waals surface area contributed by atoms with Crippen LogP contribution in [0.2, 0.25) is 5.02 Å². The first-order valence-corrected chi connectivity index (χ1v) is 11.0. The van der Waals surface area contributed by atoms with E-state index in [1.807, 2.05) is 47.5 Å². The average Bonchev–Trinajstić information content (AvgIpc) is 3.19. The number of hydrogen-bond acceptors (Lipinski definition) is 3. The number of aromatic nitrogens is 1. The van der Waals surface area contributed by atoms with Gasteiger partial charge in [-0.15, -0.1) is 0 Å². The fourth-order valence-electron chi connectivity index (χ4n) is 3.95. The van der Waals surface area contributed by atoms with E-state index in [0.717, 1.165) is 42.0 Å². The molecule has 3 rings (SSSR count). The summed E-state index contributed by atoms with van der Waals surface area (Å²) in [6.45, 7) is 3.07. The molecule has 0 aliphatic heterocycles. The molecule has 162 valence electrons. The summed E-state index contributed by atoms with van der Waals surface area (Å²) in [5, 5.41) is 3.47.